The number of nitrogens with one attached hydrogen (secondary N) is 2. The van der Waals surface area contributed by atoms with Crippen LogP contribution in [0.4, 0.5) is 5.00 Å². The van der Waals surface area contributed by atoms with Gasteiger partial charge in [-0.2, -0.15) is 10.4 Å². The highest BCUT2D eigenvalue weighted by Gasteiger charge is 2.22. The molecule has 3 rings (SSSR count). The predicted octanol–water partition coefficient (Wildman–Crippen LogP) is 3.17. The lowest BCUT2D eigenvalue weighted by Gasteiger charge is -2.03. The van der Waals surface area contributed by atoms with Crippen LogP contribution in [0.2, 0.25) is 0 Å². The van der Waals surface area contributed by atoms with Crippen LogP contribution in [0, 0.1) is 18.3 Å². The largest absolute Gasteiger partial charge is 0.312 e. The molecule has 2 N–H and O–H groups in total. The number of amides is 1. The summed E-state index contributed by atoms with van der Waals surface area (Å²) in [5.74, 6) is -0.214. The van der Waals surface area contributed by atoms with E-state index in [2.05, 4.69) is 21.6 Å². The van der Waals surface area contributed by atoms with Gasteiger partial charge in [-0.25, -0.2) is 0 Å². The molecule has 108 valence electrons. The lowest BCUT2D eigenvalue weighted by Crippen LogP contribution is -2.12. The van der Waals surface area contributed by atoms with Crippen molar-refractivity contribution in [3.63, 3.8) is 0 Å². The van der Waals surface area contributed by atoms with E-state index in [4.69, 9.17) is 0 Å². The van der Waals surface area contributed by atoms with Gasteiger partial charge in [0, 0.05) is 10.6 Å². The molecular weight excluding hydrogens is 284 g/mol. The number of rotatable bonds is 2. The van der Waals surface area contributed by atoms with Crippen LogP contribution in [0.15, 0.2) is 6.20 Å². The van der Waals surface area contributed by atoms with Crippen molar-refractivity contribution < 1.29 is 4.79 Å². The summed E-state index contributed by atoms with van der Waals surface area (Å²) in [7, 11) is 0. The Balaban J connectivity index is 1.91. The molecule has 1 aliphatic carbocycles. The number of anilines is 1. The van der Waals surface area contributed by atoms with E-state index in [1.807, 2.05) is 0 Å². The van der Waals surface area contributed by atoms with E-state index in [0.717, 1.165) is 36.9 Å². The Morgan fingerprint density at radius 1 is 1.43 bits per heavy atom. The second kappa shape index (κ2) is 5.70. The van der Waals surface area contributed by atoms with Crippen LogP contribution >= 0.6 is 11.3 Å². The molecule has 1 aliphatic rings. The van der Waals surface area contributed by atoms with Gasteiger partial charge in [-0.1, -0.05) is 6.42 Å². The fourth-order valence-corrected chi connectivity index (χ4v) is 3.93. The maximum atomic E-state index is 12.3. The van der Waals surface area contributed by atoms with Gasteiger partial charge < -0.3 is 5.32 Å². The molecule has 0 radical (unpaired) electrons. The lowest BCUT2D eigenvalue weighted by atomic mass is 10.1. The average molecular weight is 300 g/mol. The van der Waals surface area contributed by atoms with Crippen molar-refractivity contribution in [1.82, 2.24) is 10.2 Å². The van der Waals surface area contributed by atoms with Crippen LogP contribution in [-0.4, -0.2) is 16.1 Å². The minimum absolute atomic E-state index is 0.214. The number of nitriles is 1. The first-order valence-electron chi connectivity index (χ1n) is 7.06. The Kier molecular flexibility index (Phi) is 3.76. The summed E-state index contributed by atoms with van der Waals surface area (Å²) in [6, 6.07) is 2.27. The zero-order valence-corrected chi connectivity index (χ0v) is 12.6. The lowest BCUT2D eigenvalue weighted by molar-refractivity contribution is 0.102. The van der Waals surface area contributed by atoms with Crippen molar-refractivity contribution >= 4 is 22.2 Å². The van der Waals surface area contributed by atoms with Gasteiger partial charge in [-0.3, -0.25) is 9.89 Å². The fraction of sp³-hybridized carbons (Fsp3) is 0.400. The topological polar surface area (TPSA) is 81.6 Å². The van der Waals surface area contributed by atoms with Crippen molar-refractivity contribution in [3.05, 3.63) is 33.5 Å². The highest BCUT2D eigenvalue weighted by molar-refractivity contribution is 7.16. The third-order valence-electron chi connectivity index (χ3n) is 3.83. The van der Waals surface area contributed by atoms with Crippen LogP contribution in [0.3, 0.4) is 0 Å². The Morgan fingerprint density at radius 2 is 2.24 bits per heavy atom. The highest BCUT2D eigenvalue weighted by atomic mass is 32.1. The zero-order valence-electron chi connectivity index (χ0n) is 11.8. The smallest absolute Gasteiger partial charge is 0.259 e. The molecule has 0 saturated carbocycles. The van der Waals surface area contributed by atoms with Crippen LogP contribution in [0.5, 0.6) is 0 Å². The molecular formula is C15H16N4OS. The monoisotopic (exact) mass is 300 g/mol. The fourth-order valence-electron chi connectivity index (χ4n) is 2.70. The summed E-state index contributed by atoms with van der Waals surface area (Å²) in [6.07, 6.45) is 6.95. The number of thiophene rings is 1. The van der Waals surface area contributed by atoms with Crippen molar-refractivity contribution in [1.29, 1.82) is 5.26 Å². The Bertz CT molecular complexity index is 723. The predicted molar refractivity (Wildman–Crippen MR) is 81.6 cm³/mol. The summed E-state index contributed by atoms with van der Waals surface area (Å²) >= 11 is 1.55. The minimum atomic E-state index is -0.214. The standard InChI is InChI=1S/C15H16N4OS/c1-9-12(8-17-19-9)14(20)18-15-11(7-16)10-5-3-2-4-6-13(10)21-15/h8H,2-6H2,1H3,(H,17,19)(H,18,20). The van der Waals surface area contributed by atoms with E-state index in [0.29, 0.717) is 16.1 Å². The quantitative estimate of drug-likeness (QED) is 0.836. The first kappa shape index (κ1) is 13.8. The maximum absolute atomic E-state index is 12.3. The molecule has 0 spiro atoms. The molecule has 0 fully saturated rings. The van der Waals surface area contributed by atoms with Gasteiger partial charge in [0.15, 0.2) is 0 Å². The molecule has 0 saturated heterocycles. The van der Waals surface area contributed by atoms with Gasteiger partial charge in [0.2, 0.25) is 0 Å². The number of aromatic amines is 1. The SMILES string of the molecule is Cc1[nH]ncc1C(=O)Nc1sc2c(c1C#N)CCCCC2. The third kappa shape index (κ3) is 2.57. The summed E-state index contributed by atoms with van der Waals surface area (Å²) in [5.41, 5.74) is 3.03. The molecule has 2 heterocycles. The van der Waals surface area contributed by atoms with Crippen molar-refractivity contribution in [2.24, 2.45) is 0 Å². The van der Waals surface area contributed by atoms with E-state index in [1.165, 1.54) is 17.5 Å². The summed E-state index contributed by atoms with van der Waals surface area (Å²) in [4.78, 5) is 13.5. The summed E-state index contributed by atoms with van der Waals surface area (Å²) in [5, 5.41) is 19.6. The van der Waals surface area contributed by atoms with Gasteiger partial charge in [0.05, 0.1) is 17.3 Å². The molecule has 21 heavy (non-hydrogen) atoms. The second-order valence-electron chi connectivity index (χ2n) is 5.24. The van der Waals surface area contributed by atoms with E-state index in [9.17, 15) is 10.1 Å². The number of hydrogen-bond donors (Lipinski definition) is 2. The van der Waals surface area contributed by atoms with Crippen LogP contribution in [0.1, 0.15) is 51.3 Å². The van der Waals surface area contributed by atoms with Gasteiger partial charge in [0.25, 0.3) is 5.91 Å². The van der Waals surface area contributed by atoms with Gasteiger partial charge >= 0.3 is 0 Å². The molecule has 0 aromatic carbocycles. The molecule has 0 atom stereocenters. The summed E-state index contributed by atoms with van der Waals surface area (Å²) < 4.78 is 0. The Labute approximate surface area is 127 Å². The average Bonchev–Trinajstić information content (AvgIpc) is 2.95. The molecule has 0 bridgehead atoms. The van der Waals surface area contributed by atoms with Crippen LogP contribution in [-0.2, 0) is 12.8 Å². The molecule has 0 unspecified atom stereocenters. The zero-order chi connectivity index (χ0) is 14.8. The maximum Gasteiger partial charge on any atom is 0.259 e. The first-order valence-corrected chi connectivity index (χ1v) is 7.88. The third-order valence-corrected chi connectivity index (χ3v) is 5.04. The Morgan fingerprint density at radius 3 is 2.95 bits per heavy atom. The van der Waals surface area contributed by atoms with Crippen molar-refractivity contribution in [3.8, 4) is 6.07 Å². The van der Waals surface area contributed by atoms with Crippen molar-refractivity contribution in [2.45, 2.75) is 39.0 Å². The number of fused-ring (bicyclic) bond motifs is 1. The normalized spacial score (nSPS) is 14.1. The minimum Gasteiger partial charge on any atom is -0.312 e. The molecule has 2 aromatic heterocycles. The first-order chi connectivity index (χ1) is 10.2. The molecule has 6 heteroatoms. The van der Waals surface area contributed by atoms with E-state index in [1.54, 1.807) is 18.3 Å². The Hall–Kier alpha value is -2.13. The molecule has 2 aromatic rings. The number of aryl methyl sites for hydroxylation is 2. The number of H-pyrrole nitrogens is 1. The number of carbonyl (C=O) groups is 1. The van der Waals surface area contributed by atoms with Gasteiger partial charge in [-0.15, -0.1) is 11.3 Å². The van der Waals surface area contributed by atoms with Crippen LogP contribution in [0.25, 0.3) is 0 Å². The number of hydrogen-bond acceptors (Lipinski definition) is 4. The summed E-state index contributed by atoms with van der Waals surface area (Å²) in [6.45, 7) is 1.80. The van der Waals surface area contributed by atoms with Gasteiger partial charge in [-0.05, 0) is 38.2 Å². The second-order valence-corrected chi connectivity index (χ2v) is 6.35. The van der Waals surface area contributed by atoms with Crippen LogP contribution < -0.4 is 5.32 Å². The van der Waals surface area contributed by atoms with E-state index in [-0.39, 0.29) is 5.91 Å². The van der Waals surface area contributed by atoms with E-state index < -0.39 is 0 Å². The van der Waals surface area contributed by atoms with E-state index >= 15 is 0 Å². The van der Waals surface area contributed by atoms with Gasteiger partial charge in [0.1, 0.15) is 11.1 Å². The molecule has 5 nitrogen and oxygen atoms in total. The number of nitrogens with zero attached hydrogens (tertiary/aromatic N) is 2. The van der Waals surface area contributed by atoms with Crippen molar-refractivity contribution in [2.75, 3.05) is 5.32 Å². The number of carbonyl (C=O) groups excluding carboxylic acids is 1. The highest BCUT2D eigenvalue weighted by Crippen LogP contribution is 2.37. The number of aromatic nitrogens is 2. The molecule has 1 amide bonds. The molecule has 0 aliphatic heterocycles.